The zero-order chi connectivity index (χ0) is 41.0. The van der Waals surface area contributed by atoms with Crippen molar-refractivity contribution in [2.45, 2.75) is 146 Å². The Morgan fingerprint density at radius 2 is 0.902 bits per heavy atom. The van der Waals surface area contributed by atoms with E-state index in [0.29, 0.717) is 31.6 Å². The van der Waals surface area contributed by atoms with E-state index in [1.807, 2.05) is 69.4 Å². The highest BCUT2D eigenvalue weighted by Gasteiger charge is 2.06. The summed E-state index contributed by atoms with van der Waals surface area (Å²) >= 11 is 0. The van der Waals surface area contributed by atoms with Crippen molar-refractivity contribution < 1.29 is 4.79 Å². The van der Waals surface area contributed by atoms with Crippen LogP contribution in [0.1, 0.15) is 140 Å². The molecule has 51 heavy (non-hydrogen) atoms. The summed E-state index contributed by atoms with van der Waals surface area (Å²) < 4.78 is 0. The molecule has 1 unspecified atom stereocenters. The zero-order valence-corrected chi connectivity index (χ0v) is 35.7. The summed E-state index contributed by atoms with van der Waals surface area (Å²) in [7, 11) is 1.85. The van der Waals surface area contributed by atoms with Crippen molar-refractivity contribution in [3.05, 3.63) is 85.9 Å². The van der Waals surface area contributed by atoms with Gasteiger partial charge in [0.05, 0.1) is 0 Å². The standard InChI is InChI=1S/C26H49N7O.C7H14N2.4C2H6/c1-9-17-27-20(3)11-13-22(5)30-31-23(6)14-12-21(4)29-19-25(8)33-32-24(7)15-16-26(34)28-18-10-2;1-6(8)4-5-7(2)9-3;4*1-2/h25,27,29-33H,3-7,9-19H2,1-2,8H3,(H,28,34);9H,1-2,4-5,8H2,3H3;4*1-2H3. The molecule has 0 aromatic heterocycles. The van der Waals surface area contributed by atoms with Gasteiger partial charge in [0.25, 0.3) is 0 Å². The topological polar surface area (TPSA) is 139 Å². The molecule has 0 aromatic rings. The number of hydrogen-bond acceptors (Lipinski definition) is 9. The van der Waals surface area contributed by atoms with Gasteiger partial charge < -0.3 is 43.3 Å². The molecule has 10 heteroatoms. The summed E-state index contributed by atoms with van der Waals surface area (Å²) in [6, 6.07) is 0.148. The fourth-order valence-corrected chi connectivity index (χ4v) is 3.07. The van der Waals surface area contributed by atoms with Crippen LogP contribution in [-0.2, 0) is 4.79 Å². The minimum Gasteiger partial charge on any atom is -0.403 e. The smallest absolute Gasteiger partial charge is 0.220 e. The molecular weight excluding hydrogens is 635 g/mol. The maximum Gasteiger partial charge on any atom is 0.220 e. The molecule has 0 saturated heterocycles. The molecule has 0 aliphatic heterocycles. The Labute approximate surface area is 317 Å². The van der Waals surface area contributed by atoms with Crippen molar-refractivity contribution in [2.75, 3.05) is 26.7 Å². The normalized spacial score (nSPS) is 9.33. The molecule has 1 amide bonds. The second kappa shape index (κ2) is 48.3. The Bertz CT molecular complexity index is 898. The summed E-state index contributed by atoms with van der Waals surface area (Å²) in [6.45, 7) is 52.0. The average Bonchev–Trinajstić information content (AvgIpc) is 3.16. The first kappa shape index (κ1) is 59.4. The van der Waals surface area contributed by atoms with Crippen molar-refractivity contribution in [2.24, 2.45) is 5.73 Å². The Hall–Kier alpha value is -3.79. The highest BCUT2D eigenvalue weighted by atomic mass is 16.1. The van der Waals surface area contributed by atoms with E-state index >= 15 is 0 Å². The van der Waals surface area contributed by atoms with Crippen molar-refractivity contribution in [3.8, 4) is 0 Å². The van der Waals surface area contributed by atoms with Gasteiger partial charge in [-0.3, -0.25) is 4.79 Å². The Balaban J connectivity index is -0.000000249. The maximum absolute atomic E-state index is 11.6. The maximum atomic E-state index is 11.6. The van der Waals surface area contributed by atoms with Crippen LogP contribution in [0.2, 0.25) is 0 Å². The van der Waals surface area contributed by atoms with Crippen LogP contribution in [-0.4, -0.2) is 38.6 Å². The van der Waals surface area contributed by atoms with Crippen LogP contribution in [0.25, 0.3) is 0 Å². The zero-order valence-electron chi connectivity index (χ0n) is 35.7. The molecule has 302 valence electrons. The third-order valence-corrected chi connectivity index (χ3v) is 5.98. The third kappa shape index (κ3) is 53.2. The van der Waals surface area contributed by atoms with Crippen molar-refractivity contribution >= 4 is 5.91 Å². The van der Waals surface area contributed by atoms with E-state index in [-0.39, 0.29) is 11.9 Å². The summed E-state index contributed by atoms with van der Waals surface area (Å²) in [4.78, 5) is 11.6. The first-order valence-electron chi connectivity index (χ1n) is 19.3. The van der Waals surface area contributed by atoms with Crippen LogP contribution < -0.4 is 48.7 Å². The van der Waals surface area contributed by atoms with Gasteiger partial charge >= 0.3 is 0 Å². The van der Waals surface area contributed by atoms with Crippen LogP contribution in [0, 0.1) is 0 Å². The number of carbonyl (C=O) groups excluding carboxylic acids is 1. The van der Waals surface area contributed by atoms with Gasteiger partial charge in [0.15, 0.2) is 0 Å². The second-order valence-corrected chi connectivity index (χ2v) is 10.6. The molecule has 0 spiro atoms. The highest BCUT2D eigenvalue weighted by Crippen LogP contribution is 2.07. The first-order chi connectivity index (χ1) is 24.3. The van der Waals surface area contributed by atoms with Gasteiger partial charge in [-0.2, -0.15) is 0 Å². The number of hydrogen-bond donors (Lipinski definition) is 9. The fourth-order valence-electron chi connectivity index (χ4n) is 3.07. The molecule has 10 nitrogen and oxygen atoms in total. The summed E-state index contributed by atoms with van der Waals surface area (Å²) in [5.74, 6) is 0.0528. The average molecular weight is 722 g/mol. The number of hydrazine groups is 2. The Morgan fingerprint density at radius 3 is 1.33 bits per heavy atom. The van der Waals surface area contributed by atoms with Crippen LogP contribution in [0.5, 0.6) is 0 Å². The molecule has 0 fully saturated rings. The van der Waals surface area contributed by atoms with Gasteiger partial charge in [-0.25, -0.2) is 5.43 Å². The van der Waals surface area contributed by atoms with Gasteiger partial charge in [0, 0.05) is 79.0 Å². The van der Waals surface area contributed by atoms with E-state index in [1.165, 1.54) is 0 Å². The van der Waals surface area contributed by atoms with Crippen LogP contribution in [0.3, 0.4) is 0 Å². The predicted molar refractivity (Wildman–Crippen MR) is 231 cm³/mol. The number of rotatable bonds is 27. The van der Waals surface area contributed by atoms with E-state index in [9.17, 15) is 4.79 Å². The molecule has 0 aliphatic carbocycles. The molecule has 1 atom stereocenters. The minimum absolute atomic E-state index is 0.0528. The van der Waals surface area contributed by atoms with E-state index in [1.54, 1.807) is 0 Å². The summed E-state index contributed by atoms with van der Waals surface area (Å²) in [5, 5.41) is 12.4. The molecular formula is C41H87N9O. The molecule has 0 rings (SSSR count). The number of amides is 1. The molecule has 0 aliphatic rings. The van der Waals surface area contributed by atoms with Crippen LogP contribution in [0.15, 0.2) is 85.9 Å². The lowest BCUT2D eigenvalue weighted by Gasteiger charge is -2.19. The van der Waals surface area contributed by atoms with E-state index in [2.05, 4.69) is 103 Å². The molecule has 0 heterocycles. The van der Waals surface area contributed by atoms with Crippen molar-refractivity contribution in [1.82, 2.24) is 43.0 Å². The lowest BCUT2D eigenvalue weighted by molar-refractivity contribution is -0.121. The SMILES string of the molecule is C=C(CCC(=C)NNC(=C)CCC(=C)NCC(C)NNC(=C)CCC(=O)NCCC)NCCC.C=C(N)CCC(=C)NC.CC.CC.CC.CC. The van der Waals surface area contributed by atoms with E-state index < -0.39 is 0 Å². The first-order valence-corrected chi connectivity index (χ1v) is 19.3. The quantitative estimate of drug-likeness (QED) is 0.0382. The van der Waals surface area contributed by atoms with E-state index in [4.69, 9.17) is 5.73 Å². The Kier molecular flexibility index (Phi) is 56.2. The van der Waals surface area contributed by atoms with Gasteiger partial charge in [-0.05, 0) is 64.7 Å². The highest BCUT2D eigenvalue weighted by molar-refractivity contribution is 5.76. The summed E-state index contributed by atoms with van der Waals surface area (Å²) in [6.07, 6.45) is 7.94. The van der Waals surface area contributed by atoms with Crippen LogP contribution >= 0.6 is 0 Å². The number of nitrogens with one attached hydrogen (secondary N) is 8. The number of nitrogens with two attached hydrogens (primary N) is 1. The largest absolute Gasteiger partial charge is 0.403 e. The molecule has 0 aromatic carbocycles. The monoisotopic (exact) mass is 722 g/mol. The second-order valence-electron chi connectivity index (χ2n) is 10.6. The number of allylic oxidation sites excluding steroid dienone is 7. The van der Waals surface area contributed by atoms with Crippen molar-refractivity contribution in [1.29, 1.82) is 0 Å². The molecule has 10 N–H and O–H groups in total. The van der Waals surface area contributed by atoms with Crippen LogP contribution in [0.4, 0.5) is 0 Å². The fraction of sp³-hybridized carbons (Fsp3) is 0.634. The molecule has 0 saturated carbocycles. The predicted octanol–water partition coefficient (Wildman–Crippen LogP) is 8.66. The lowest BCUT2D eigenvalue weighted by atomic mass is 10.2. The number of carbonyl (C=O) groups is 1. The van der Waals surface area contributed by atoms with Gasteiger partial charge in [0.1, 0.15) is 0 Å². The van der Waals surface area contributed by atoms with E-state index in [0.717, 1.165) is 92.1 Å². The van der Waals surface area contributed by atoms with Gasteiger partial charge in [-0.15, -0.1) is 0 Å². The van der Waals surface area contributed by atoms with Gasteiger partial charge in [0.2, 0.25) is 5.91 Å². The third-order valence-electron chi connectivity index (χ3n) is 5.98. The molecule has 0 radical (unpaired) electrons. The summed E-state index contributed by atoms with van der Waals surface area (Å²) in [5.41, 5.74) is 24.1. The van der Waals surface area contributed by atoms with Gasteiger partial charge in [-0.1, -0.05) is 115 Å². The minimum atomic E-state index is 0.0528. The van der Waals surface area contributed by atoms with Crippen molar-refractivity contribution in [3.63, 3.8) is 0 Å². The lowest BCUT2D eigenvalue weighted by Crippen LogP contribution is -2.43. The molecule has 0 bridgehead atoms. The Morgan fingerprint density at radius 1 is 0.529 bits per heavy atom.